The standard InChI is InChI=1S/C20H19N3O5S/c1-12-10-14(8-9-16(12)27-3)19-13(2)29-20(22-19)21-18(24)11-28-17-7-5-4-6-15(17)23(25)26/h4-10H,11H2,1-3H3,(H,21,22,24). The maximum atomic E-state index is 12.2. The molecule has 3 aromatic rings. The summed E-state index contributed by atoms with van der Waals surface area (Å²) < 4.78 is 10.6. The molecule has 0 aliphatic carbocycles. The van der Waals surface area contributed by atoms with Crippen LogP contribution in [0, 0.1) is 24.0 Å². The quantitative estimate of drug-likeness (QED) is 0.456. The summed E-state index contributed by atoms with van der Waals surface area (Å²) in [5.74, 6) is 0.383. The van der Waals surface area contributed by atoms with E-state index < -0.39 is 10.8 Å². The number of hydrogen-bond donors (Lipinski definition) is 1. The van der Waals surface area contributed by atoms with Gasteiger partial charge < -0.3 is 9.47 Å². The molecule has 9 heteroatoms. The van der Waals surface area contributed by atoms with Crippen molar-refractivity contribution in [1.82, 2.24) is 4.98 Å². The van der Waals surface area contributed by atoms with Crippen LogP contribution >= 0.6 is 11.3 Å². The van der Waals surface area contributed by atoms with E-state index in [1.807, 2.05) is 32.0 Å². The number of carbonyl (C=O) groups is 1. The van der Waals surface area contributed by atoms with Crippen molar-refractivity contribution in [2.24, 2.45) is 0 Å². The van der Waals surface area contributed by atoms with Gasteiger partial charge in [-0.25, -0.2) is 4.98 Å². The highest BCUT2D eigenvalue weighted by atomic mass is 32.1. The van der Waals surface area contributed by atoms with E-state index in [4.69, 9.17) is 9.47 Å². The van der Waals surface area contributed by atoms with Crippen molar-refractivity contribution >= 4 is 28.1 Å². The molecular formula is C20H19N3O5S. The molecule has 0 bridgehead atoms. The summed E-state index contributed by atoms with van der Waals surface area (Å²) in [6, 6.07) is 11.7. The van der Waals surface area contributed by atoms with Gasteiger partial charge in [0.15, 0.2) is 17.5 Å². The van der Waals surface area contributed by atoms with Gasteiger partial charge in [-0.15, -0.1) is 11.3 Å². The first-order valence-corrected chi connectivity index (χ1v) is 9.49. The van der Waals surface area contributed by atoms with E-state index in [0.717, 1.165) is 27.4 Å². The topological polar surface area (TPSA) is 104 Å². The summed E-state index contributed by atoms with van der Waals surface area (Å²) in [6.45, 7) is 3.51. The number of aromatic nitrogens is 1. The minimum absolute atomic E-state index is 0.0392. The average Bonchev–Trinajstić information content (AvgIpc) is 3.06. The number of aryl methyl sites for hydroxylation is 2. The second-order valence-electron chi connectivity index (χ2n) is 6.17. The molecule has 3 rings (SSSR count). The number of benzene rings is 2. The first kappa shape index (κ1) is 20.3. The van der Waals surface area contributed by atoms with Gasteiger partial charge in [0.1, 0.15) is 5.75 Å². The van der Waals surface area contributed by atoms with Crippen LogP contribution in [0.5, 0.6) is 11.5 Å². The number of nitro groups is 1. The highest BCUT2D eigenvalue weighted by Crippen LogP contribution is 2.33. The second kappa shape index (κ2) is 8.70. The van der Waals surface area contributed by atoms with Crippen LogP contribution in [0.15, 0.2) is 42.5 Å². The summed E-state index contributed by atoms with van der Waals surface area (Å²) in [6.07, 6.45) is 0. The van der Waals surface area contributed by atoms with Gasteiger partial charge >= 0.3 is 5.69 Å². The second-order valence-corrected chi connectivity index (χ2v) is 7.37. The van der Waals surface area contributed by atoms with E-state index >= 15 is 0 Å². The lowest BCUT2D eigenvalue weighted by atomic mass is 10.1. The number of nitrogens with one attached hydrogen (secondary N) is 1. The highest BCUT2D eigenvalue weighted by Gasteiger charge is 2.17. The van der Waals surface area contributed by atoms with E-state index in [1.165, 1.54) is 29.5 Å². The van der Waals surface area contributed by atoms with E-state index in [2.05, 4.69) is 10.3 Å². The molecular weight excluding hydrogens is 394 g/mol. The molecule has 0 saturated carbocycles. The molecule has 1 aromatic heterocycles. The molecule has 1 N–H and O–H groups in total. The molecule has 1 amide bonds. The molecule has 0 spiro atoms. The predicted molar refractivity (Wildman–Crippen MR) is 111 cm³/mol. The number of rotatable bonds is 7. The third kappa shape index (κ3) is 4.69. The number of nitrogens with zero attached hydrogens (tertiary/aromatic N) is 2. The molecule has 0 aliphatic rings. The van der Waals surface area contributed by atoms with Gasteiger partial charge in [0.2, 0.25) is 0 Å². The molecule has 150 valence electrons. The van der Waals surface area contributed by atoms with Gasteiger partial charge in [0, 0.05) is 16.5 Å². The smallest absolute Gasteiger partial charge is 0.310 e. The Kier molecular flexibility index (Phi) is 6.08. The lowest BCUT2D eigenvalue weighted by Gasteiger charge is -2.07. The maximum Gasteiger partial charge on any atom is 0.310 e. The average molecular weight is 413 g/mol. The highest BCUT2D eigenvalue weighted by molar-refractivity contribution is 7.16. The Morgan fingerprint density at radius 1 is 1.21 bits per heavy atom. The molecule has 8 nitrogen and oxygen atoms in total. The number of anilines is 1. The number of ether oxygens (including phenoxy) is 2. The van der Waals surface area contributed by atoms with Gasteiger partial charge in [-0.05, 0) is 43.7 Å². The van der Waals surface area contributed by atoms with E-state index in [1.54, 1.807) is 13.2 Å². The van der Waals surface area contributed by atoms with E-state index in [0.29, 0.717) is 5.13 Å². The first-order chi connectivity index (χ1) is 13.9. The van der Waals surface area contributed by atoms with Gasteiger partial charge in [0.25, 0.3) is 5.91 Å². The summed E-state index contributed by atoms with van der Waals surface area (Å²) in [5.41, 5.74) is 2.49. The molecule has 0 saturated heterocycles. The predicted octanol–water partition coefficient (Wildman–Crippen LogP) is 4.36. The zero-order chi connectivity index (χ0) is 21.0. The summed E-state index contributed by atoms with van der Waals surface area (Å²) in [4.78, 5) is 28.1. The minimum Gasteiger partial charge on any atom is -0.496 e. The van der Waals surface area contributed by atoms with Gasteiger partial charge in [-0.3, -0.25) is 20.2 Å². The Morgan fingerprint density at radius 2 is 1.97 bits per heavy atom. The number of para-hydroxylation sites is 2. The van der Waals surface area contributed by atoms with Crippen LogP contribution < -0.4 is 14.8 Å². The molecule has 0 unspecified atom stereocenters. The van der Waals surface area contributed by atoms with Crippen LogP contribution in [0.1, 0.15) is 10.4 Å². The van der Waals surface area contributed by atoms with E-state index in [9.17, 15) is 14.9 Å². The van der Waals surface area contributed by atoms with Crippen molar-refractivity contribution in [2.45, 2.75) is 13.8 Å². The largest absolute Gasteiger partial charge is 0.496 e. The molecule has 0 aliphatic heterocycles. The third-order valence-corrected chi connectivity index (χ3v) is 5.02. The molecule has 2 aromatic carbocycles. The van der Waals surface area contributed by atoms with Crippen molar-refractivity contribution < 1.29 is 19.2 Å². The normalized spacial score (nSPS) is 10.4. The van der Waals surface area contributed by atoms with Crippen LogP contribution in [0.2, 0.25) is 0 Å². The fourth-order valence-corrected chi connectivity index (χ4v) is 3.62. The van der Waals surface area contributed by atoms with Crippen LogP contribution in [0.25, 0.3) is 11.3 Å². The van der Waals surface area contributed by atoms with E-state index in [-0.39, 0.29) is 18.0 Å². The molecule has 0 radical (unpaired) electrons. The SMILES string of the molecule is COc1ccc(-c2nc(NC(=O)COc3ccccc3[N+](=O)[O-])sc2C)cc1C. The number of amides is 1. The Hall–Kier alpha value is -3.46. The Balaban J connectivity index is 1.69. The summed E-state index contributed by atoms with van der Waals surface area (Å²) in [5, 5.41) is 14.1. The Bertz CT molecular complexity index is 1060. The number of carbonyl (C=O) groups excluding carboxylic acids is 1. The van der Waals surface area contributed by atoms with Crippen molar-refractivity contribution in [3.05, 3.63) is 63.0 Å². The number of thiazole rings is 1. The van der Waals surface area contributed by atoms with Gasteiger partial charge in [0.05, 0.1) is 17.7 Å². The van der Waals surface area contributed by atoms with Crippen LogP contribution in [0.4, 0.5) is 10.8 Å². The lowest BCUT2D eigenvalue weighted by molar-refractivity contribution is -0.385. The molecule has 0 fully saturated rings. The lowest BCUT2D eigenvalue weighted by Crippen LogP contribution is -2.20. The number of methoxy groups -OCH3 is 1. The fraction of sp³-hybridized carbons (Fsp3) is 0.200. The number of hydrogen-bond acceptors (Lipinski definition) is 7. The minimum atomic E-state index is -0.555. The van der Waals surface area contributed by atoms with Crippen LogP contribution in [-0.4, -0.2) is 29.5 Å². The summed E-state index contributed by atoms with van der Waals surface area (Å²) >= 11 is 1.34. The molecule has 0 atom stereocenters. The maximum absolute atomic E-state index is 12.2. The zero-order valence-electron chi connectivity index (χ0n) is 16.1. The van der Waals surface area contributed by atoms with Crippen molar-refractivity contribution in [1.29, 1.82) is 0 Å². The fourth-order valence-electron chi connectivity index (χ4n) is 2.77. The molecule has 29 heavy (non-hydrogen) atoms. The van der Waals surface area contributed by atoms with Gasteiger partial charge in [-0.2, -0.15) is 0 Å². The Morgan fingerprint density at radius 3 is 2.66 bits per heavy atom. The number of nitro benzene ring substituents is 1. The summed E-state index contributed by atoms with van der Waals surface area (Å²) in [7, 11) is 1.62. The first-order valence-electron chi connectivity index (χ1n) is 8.67. The van der Waals surface area contributed by atoms with Crippen LogP contribution in [-0.2, 0) is 4.79 Å². The van der Waals surface area contributed by atoms with Crippen molar-refractivity contribution in [2.75, 3.05) is 19.0 Å². The third-order valence-electron chi connectivity index (χ3n) is 4.13. The van der Waals surface area contributed by atoms with Crippen LogP contribution in [0.3, 0.4) is 0 Å². The van der Waals surface area contributed by atoms with Crippen molar-refractivity contribution in [3.63, 3.8) is 0 Å². The van der Waals surface area contributed by atoms with Gasteiger partial charge in [-0.1, -0.05) is 12.1 Å². The van der Waals surface area contributed by atoms with Crippen molar-refractivity contribution in [3.8, 4) is 22.8 Å². The zero-order valence-corrected chi connectivity index (χ0v) is 16.9. The Labute approximate surface area is 171 Å². The molecule has 1 heterocycles. The monoisotopic (exact) mass is 413 g/mol.